The average molecular weight is 335 g/mol. The van der Waals surface area contributed by atoms with E-state index in [9.17, 15) is 13.6 Å². The lowest BCUT2D eigenvalue weighted by atomic mass is 10.1. The molecule has 1 saturated heterocycles. The molecular weight excluding hydrogens is 320 g/mol. The second-order valence-corrected chi connectivity index (χ2v) is 6.91. The zero-order chi connectivity index (χ0) is 16.0. The summed E-state index contributed by atoms with van der Waals surface area (Å²) in [5, 5.41) is 2.60. The molecule has 3 heterocycles. The lowest BCUT2D eigenvalue weighted by Gasteiger charge is -2.25. The minimum Gasteiger partial charge on any atom is -0.342 e. The SMILES string of the molecule is O=C(Cc1csc(-c2ccccn2)n1)N1CCC2C(C1)C2(F)F. The maximum Gasteiger partial charge on any atom is 0.256 e. The van der Waals surface area contributed by atoms with Gasteiger partial charge < -0.3 is 4.90 Å². The van der Waals surface area contributed by atoms with E-state index in [0.29, 0.717) is 18.7 Å². The number of amides is 1. The highest BCUT2D eigenvalue weighted by Gasteiger charge is 2.69. The van der Waals surface area contributed by atoms with Crippen molar-refractivity contribution in [1.29, 1.82) is 0 Å². The molecule has 0 N–H and O–H groups in total. The summed E-state index contributed by atoms with van der Waals surface area (Å²) in [7, 11) is 0. The lowest BCUT2D eigenvalue weighted by Crippen LogP contribution is -2.38. The molecule has 0 radical (unpaired) electrons. The number of piperidine rings is 1. The van der Waals surface area contributed by atoms with Gasteiger partial charge in [0.25, 0.3) is 5.92 Å². The number of rotatable bonds is 3. The van der Waals surface area contributed by atoms with Crippen molar-refractivity contribution in [2.45, 2.75) is 18.8 Å². The second-order valence-electron chi connectivity index (χ2n) is 6.05. The van der Waals surface area contributed by atoms with Crippen LogP contribution < -0.4 is 0 Å². The number of hydrogen-bond donors (Lipinski definition) is 0. The molecule has 4 rings (SSSR count). The molecule has 7 heteroatoms. The molecule has 120 valence electrons. The van der Waals surface area contributed by atoms with Crippen molar-refractivity contribution in [3.8, 4) is 10.7 Å². The van der Waals surface area contributed by atoms with Crippen LogP contribution in [0.3, 0.4) is 0 Å². The monoisotopic (exact) mass is 335 g/mol. The molecule has 2 fully saturated rings. The van der Waals surface area contributed by atoms with E-state index in [2.05, 4.69) is 9.97 Å². The third-order valence-electron chi connectivity index (χ3n) is 4.61. The Labute approximate surface area is 136 Å². The number of aromatic nitrogens is 2. The highest BCUT2D eigenvalue weighted by atomic mass is 32.1. The van der Waals surface area contributed by atoms with Crippen LogP contribution in [0.25, 0.3) is 10.7 Å². The summed E-state index contributed by atoms with van der Waals surface area (Å²) in [6.07, 6.45) is 2.26. The van der Waals surface area contributed by atoms with Gasteiger partial charge in [-0.2, -0.15) is 0 Å². The number of nitrogens with zero attached hydrogens (tertiary/aromatic N) is 3. The number of likely N-dealkylation sites (tertiary alicyclic amines) is 1. The molecule has 2 aliphatic rings. The molecule has 1 saturated carbocycles. The number of carbonyl (C=O) groups excluding carboxylic acids is 1. The van der Waals surface area contributed by atoms with Gasteiger partial charge in [0.05, 0.1) is 17.8 Å². The van der Waals surface area contributed by atoms with Crippen molar-refractivity contribution in [3.05, 3.63) is 35.5 Å². The van der Waals surface area contributed by atoms with Crippen molar-refractivity contribution in [1.82, 2.24) is 14.9 Å². The first-order valence-electron chi connectivity index (χ1n) is 7.57. The number of halogens is 2. The Kier molecular flexibility index (Phi) is 3.41. The molecule has 0 bridgehead atoms. The third kappa shape index (κ3) is 2.63. The van der Waals surface area contributed by atoms with Crippen LogP contribution in [0, 0.1) is 11.8 Å². The fourth-order valence-electron chi connectivity index (χ4n) is 3.22. The smallest absolute Gasteiger partial charge is 0.256 e. The van der Waals surface area contributed by atoms with Gasteiger partial charge in [-0.15, -0.1) is 11.3 Å². The van der Waals surface area contributed by atoms with Gasteiger partial charge >= 0.3 is 0 Å². The normalized spacial score (nSPS) is 25.0. The Bertz CT molecular complexity index is 734. The molecule has 2 unspecified atom stereocenters. The first-order chi connectivity index (χ1) is 11.1. The summed E-state index contributed by atoms with van der Waals surface area (Å²) in [6, 6.07) is 5.58. The number of thiazole rings is 1. The number of pyridine rings is 1. The van der Waals surface area contributed by atoms with Gasteiger partial charge in [0.1, 0.15) is 5.01 Å². The van der Waals surface area contributed by atoms with Gasteiger partial charge in [-0.25, -0.2) is 13.8 Å². The van der Waals surface area contributed by atoms with Gasteiger partial charge in [0, 0.05) is 36.5 Å². The van der Waals surface area contributed by atoms with Crippen LogP contribution >= 0.6 is 11.3 Å². The summed E-state index contributed by atoms with van der Waals surface area (Å²) in [5.41, 5.74) is 1.44. The highest BCUT2D eigenvalue weighted by molar-refractivity contribution is 7.13. The molecule has 0 aromatic carbocycles. The minimum absolute atomic E-state index is 0.121. The molecule has 23 heavy (non-hydrogen) atoms. The Morgan fingerprint density at radius 3 is 3.00 bits per heavy atom. The minimum atomic E-state index is -2.57. The van der Waals surface area contributed by atoms with Crippen molar-refractivity contribution in [3.63, 3.8) is 0 Å². The average Bonchev–Trinajstić information content (AvgIpc) is 2.91. The number of hydrogen-bond acceptors (Lipinski definition) is 4. The number of alkyl halides is 2. The van der Waals surface area contributed by atoms with Gasteiger partial charge in [-0.1, -0.05) is 6.07 Å². The van der Waals surface area contributed by atoms with Crippen molar-refractivity contribution in [2.24, 2.45) is 11.8 Å². The van der Waals surface area contributed by atoms with E-state index in [4.69, 9.17) is 0 Å². The third-order valence-corrected chi connectivity index (χ3v) is 5.53. The van der Waals surface area contributed by atoms with Crippen LogP contribution in [0.4, 0.5) is 8.78 Å². The van der Waals surface area contributed by atoms with Gasteiger partial charge in [-0.3, -0.25) is 9.78 Å². The Balaban J connectivity index is 1.41. The van der Waals surface area contributed by atoms with Gasteiger partial charge in [-0.05, 0) is 18.6 Å². The van der Waals surface area contributed by atoms with Crippen LogP contribution in [-0.2, 0) is 11.2 Å². The molecule has 2 aromatic heterocycles. The van der Waals surface area contributed by atoms with E-state index < -0.39 is 17.8 Å². The summed E-state index contributed by atoms with van der Waals surface area (Å²) in [5.74, 6) is -3.84. The van der Waals surface area contributed by atoms with Crippen molar-refractivity contribution < 1.29 is 13.6 Å². The quantitative estimate of drug-likeness (QED) is 0.866. The van der Waals surface area contributed by atoms with Crippen molar-refractivity contribution >= 4 is 17.2 Å². The molecule has 2 atom stereocenters. The zero-order valence-corrected chi connectivity index (χ0v) is 13.1. The highest BCUT2D eigenvalue weighted by Crippen LogP contribution is 2.59. The predicted octanol–water partition coefficient (Wildman–Crippen LogP) is 2.86. The number of carbonyl (C=O) groups is 1. The van der Waals surface area contributed by atoms with Crippen LogP contribution in [0.2, 0.25) is 0 Å². The first-order valence-corrected chi connectivity index (χ1v) is 8.45. The van der Waals surface area contributed by atoms with Crippen LogP contribution in [0.1, 0.15) is 12.1 Å². The maximum atomic E-state index is 13.4. The first kappa shape index (κ1) is 14.7. The Hall–Kier alpha value is -1.89. The molecular formula is C16H15F2N3OS. The van der Waals surface area contributed by atoms with E-state index in [0.717, 1.165) is 10.7 Å². The van der Waals surface area contributed by atoms with E-state index in [1.54, 1.807) is 11.1 Å². The molecule has 1 amide bonds. The summed E-state index contributed by atoms with van der Waals surface area (Å²) in [4.78, 5) is 22.5. The molecule has 4 nitrogen and oxygen atoms in total. The predicted molar refractivity (Wildman–Crippen MR) is 82.2 cm³/mol. The maximum absolute atomic E-state index is 13.4. The summed E-state index contributed by atoms with van der Waals surface area (Å²) < 4.78 is 26.8. The van der Waals surface area contributed by atoms with Gasteiger partial charge in [0.15, 0.2) is 0 Å². The van der Waals surface area contributed by atoms with E-state index in [-0.39, 0.29) is 18.9 Å². The Morgan fingerprint density at radius 1 is 1.39 bits per heavy atom. The number of fused-ring (bicyclic) bond motifs is 1. The summed E-state index contributed by atoms with van der Waals surface area (Å²) in [6.45, 7) is 0.598. The second kappa shape index (κ2) is 5.33. The van der Waals surface area contributed by atoms with Crippen LogP contribution in [-0.4, -0.2) is 39.8 Å². The zero-order valence-electron chi connectivity index (χ0n) is 12.3. The van der Waals surface area contributed by atoms with Crippen LogP contribution in [0.5, 0.6) is 0 Å². The lowest BCUT2D eigenvalue weighted by molar-refractivity contribution is -0.131. The van der Waals surface area contributed by atoms with E-state index in [1.807, 2.05) is 23.6 Å². The molecule has 1 aliphatic carbocycles. The fourth-order valence-corrected chi connectivity index (χ4v) is 4.01. The largest absolute Gasteiger partial charge is 0.342 e. The molecule has 2 aromatic rings. The van der Waals surface area contributed by atoms with E-state index in [1.165, 1.54) is 11.3 Å². The molecule has 0 spiro atoms. The Morgan fingerprint density at radius 2 is 2.26 bits per heavy atom. The molecule has 1 aliphatic heterocycles. The fraction of sp³-hybridized carbons (Fsp3) is 0.438. The van der Waals surface area contributed by atoms with Gasteiger partial charge in [0.2, 0.25) is 5.91 Å². The van der Waals surface area contributed by atoms with Crippen molar-refractivity contribution in [2.75, 3.05) is 13.1 Å². The standard InChI is InChI=1S/C16H15F2N3OS/c17-16(18)11-4-6-21(8-12(11)16)14(22)7-10-9-23-15(20-10)13-3-1-2-5-19-13/h1-3,5,9,11-12H,4,6-8H2. The topological polar surface area (TPSA) is 46.1 Å². The van der Waals surface area contributed by atoms with Crippen LogP contribution in [0.15, 0.2) is 29.8 Å². The summed E-state index contributed by atoms with van der Waals surface area (Å²) >= 11 is 1.44. The van der Waals surface area contributed by atoms with E-state index >= 15 is 0 Å².